The third kappa shape index (κ3) is 3.60. The first-order chi connectivity index (χ1) is 9.92. The van der Waals surface area contributed by atoms with E-state index in [-0.39, 0.29) is 5.56 Å². The molecule has 5 heteroatoms. The lowest BCUT2D eigenvalue weighted by molar-refractivity contribution is 0.407. The predicted octanol–water partition coefficient (Wildman–Crippen LogP) is 4.29. The topological polar surface area (TPSA) is 35.2 Å². The van der Waals surface area contributed by atoms with Crippen molar-refractivity contribution in [3.05, 3.63) is 63.1 Å². The average Bonchev–Trinajstić information content (AvgIpc) is 2.37. The molecule has 1 atom stereocenters. The highest BCUT2D eigenvalue weighted by Crippen LogP contribution is 2.29. The van der Waals surface area contributed by atoms with Crippen LogP contribution in [0.25, 0.3) is 0 Å². The van der Waals surface area contributed by atoms with Crippen molar-refractivity contribution < 1.29 is 13.5 Å². The lowest BCUT2D eigenvalue weighted by Gasteiger charge is -2.17. The SMILES string of the molecule is COc1ccc(C)cc1CC(N)c1c(F)cc(Br)cc1F. The van der Waals surface area contributed by atoms with Crippen molar-refractivity contribution in [1.82, 2.24) is 0 Å². The van der Waals surface area contributed by atoms with Crippen LogP contribution >= 0.6 is 15.9 Å². The molecule has 0 radical (unpaired) electrons. The van der Waals surface area contributed by atoms with Gasteiger partial charge in [-0.05, 0) is 37.1 Å². The Bertz CT molecular complexity index is 638. The van der Waals surface area contributed by atoms with Gasteiger partial charge < -0.3 is 10.5 Å². The molecule has 21 heavy (non-hydrogen) atoms. The van der Waals surface area contributed by atoms with Crippen LogP contribution in [0.1, 0.15) is 22.7 Å². The molecule has 112 valence electrons. The number of rotatable bonds is 4. The molecule has 0 heterocycles. The molecule has 2 N–H and O–H groups in total. The molecule has 2 nitrogen and oxygen atoms in total. The smallest absolute Gasteiger partial charge is 0.132 e. The molecule has 0 aliphatic carbocycles. The minimum Gasteiger partial charge on any atom is -0.496 e. The first-order valence-electron chi connectivity index (χ1n) is 6.46. The number of hydrogen-bond acceptors (Lipinski definition) is 2. The summed E-state index contributed by atoms with van der Waals surface area (Å²) < 4.78 is 33.5. The van der Waals surface area contributed by atoms with Crippen LogP contribution < -0.4 is 10.5 Å². The molecule has 0 bridgehead atoms. The van der Waals surface area contributed by atoms with Gasteiger partial charge in [-0.1, -0.05) is 33.6 Å². The summed E-state index contributed by atoms with van der Waals surface area (Å²) in [5.74, 6) is -0.643. The Morgan fingerprint density at radius 3 is 2.38 bits per heavy atom. The molecule has 0 aliphatic heterocycles. The van der Waals surface area contributed by atoms with Crippen LogP contribution in [0.2, 0.25) is 0 Å². The zero-order valence-corrected chi connectivity index (χ0v) is 13.4. The van der Waals surface area contributed by atoms with Gasteiger partial charge in [0.25, 0.3) is 0 Å². The van der Waals surface area contributed by atoms with E-state index in [2.05, 4.69) is 15.9 Å². The molecule has 1 unspecified atom stereocenters. The minimum absolute atomic E-state index is 0.109. The molecular formula is C16H16BrF2NO. The Morgan fingerprint density at radius 2 is 1.81 bits per heavy atom. The van der Waals surface area contributed by atoms with E-state index in [1.165, 1.54) is 12.1 Å². The van der Waals surface area contributed by atoms with E-state index in [4.69, 9.17) is 10.5 Å². The van der Waals surface area contributed by atoms with Gasteiger partial charge in [0.2, 0.25) is 0 Å². The van der Waals surface area contributed by atoms with Crippen molar-refractivity contribution in [3.8, 4) is 5.75 Å². The van der Waals surface area contributed by atoms with Crippen molar-refractivity contribution in [2.75, 3.05) is 7.11 Å². The van der Waals surface area contributed by atoms with E-state index < -0.39 is 17.7 Å². The number of methoxy groups -OCH3 is 1. The number of ether oxygens (including phenoxy) is 1. The van der Waals surface area contributed by atoms with Crippen LogP contribution in [-0.2, 0) is 6.42 Å². The van der Waals surface area contributed by atoms with E-state index in [9.17, 15) is 8.78 Å². The quantitative estimate of drug-likeness (QED) is 0.887. The molecule has 0 aliphatic rings. The van der Waals surface area contributed by atoms with Gasteiger partial charge in [-0.3, -0.25) is 0 Å². The van der Waals surface area contributed by atoms with Crippen LogP contribution in [0.15, 0.2) is 34.8 Å². The van der Waals surface area contributed by atoms with Gasteiger partial charge >= 0.3 is 0 Å². The first-order valence-corrected chi connectivity index (χ1v) is 7.25. The Kier molecular flexibility index (Phi) is 4.96. The molecule has 0 saturated carbocycles. The highest BCUT2D eigenvalue weighted by molar-refractivity contribution is 9.10. The van der Waals surface area contributed by atoms with Crippen molar-refractivity contribution in [2.24, 2.45) is 5.73 Å². The molecular weight excluding hydrogens is 340 g/mol. The number of aryl methyl sites for hydroxylation is 1. The van der Waals surface area contributed by atoms with Crippen molar-refractivity contribution in [1.29, 1.82) is 0 Å². The zero-order valence-electron chi connectivity index (χ0n) is 11.8. The Balaban J connectivity index is 2.34. The lowest BCUT2D eigenvalue weighted by Crippen LogP contribution is -2.17. The minimum atomic E-state index is -0.784. The fourth-order valence-electron chi connectivity index (χ4n) is 2.31. The molecule has 2 aromatic rings. The Hall–Kier alpha value is -1.46. The highest BCUT2D eigenvalue weighted by atomic mass is 79.9. The number of nitrogens with two attached hydrogens (primary N) is 1. The maximum atomic E-state index is 13.9. The zero-order chi connectivity index (χ0) is 15.6. The standard InChI is InChI=1S/C16H16BrF2NO/c1-9-3-4-15(21-2)10(5-9)6-14(20)16-12(18)7-11(17)8-13(16)19/h3-5,7-8,14H,6,20H2,1-2H3. The summed E-state index contributed by atoms with van der Waals surface area (Å²) >= 11 is 3.05. The second-order valence-electron chi connectivity index (χ2n) is 4.91. The van der Waals surface area contributed by atoms with Gasteiger partial charge in [0.15, 0.2) is 0 Å². The van der Waals surface area contributed by atoms with E-state index in [1.807, 2.05) is 25.1 Å². The van der Waals surface area contributed by atoms with E-state index >= 15 is 0 Å². The largest absolute Gasteiger partial charge is 0.496 e. The van der Waals surface area contributed by atoms with Gasteiger partial charge in [0.05, 0.1) is 7.11 Å². The second-order valence-corrected chi connectivity index (χ2v) is 5.82. The monoisotopic (exact) mass is 355 g/mol. The van der Waals surface area contributed by atoms with Gasteiger partial charge in [-0.2, -0.15) is 0 Å². The van der Waals surface area contributed by atoms with E-state index in [0.29, 0.717) is 16.6 Å². The first kappa shape index (κ1) is 15.9. The molecule has 0 aromatic heterocycles. The lowest BCUT2D eigenvalue weighted by atomic mass is 9.97. The molecule has 0 fully saturated rings. The number of halogens is 3. The summed E-state index contributed by atoms with van der Waals surface area (Å²) in [5.41, 5.74) is 7.75. The Labute approximate surface area is 131 Å². The maximum absolute atomic E-state index is 13.9. The molecule has 2 rings (SSSR count). The van der Waals surface area contributed by atoms with Gasteiger partial charge in [-0.25, -0.2) is 8.78 Å². The predicted molar refractivity (Wildman–Crippen MR) is 82.4 cm³/mol. The highest BCUT2D eigenvalue weighted by Gasteiger charge is 2.19. The van der Waals surface area contributed by atoms with Crippen LogP contribution in [0.3, 0.4) is 0 Å². The van der Waals surface area contributed by atoms with Crippen molar-refractivity contribution >= 4 is 15.9 Å². The normalized spacial score (nSPS) is 12.3. The third-order valence-corrected chi connectivity index (χ3v) is 3.75. The molecule has 0 amide bonds. The van der Waals surface area contributed by atoms with Gasteiger partial charge in [0.1, 0.15) is 17.4 Å². The Morgan fingerprint density at radius 1 is 1.19 bits per heavy atom. The van der Waals surface area contributed by atoms with Crippen LogP contribution in [0, 0.1) is 18.6 Å². The van der Waals surface area contributed by atoms with Crippen molar-refractivity contribution in [3.63, 3.8) is 0 Å². The fraction of sp³-hybridized carbons (Fsp3) is 0.250. The second kappa shape index (κ2) is 6.54. The summed E-state index contributed by atoms with van der Waals surface area (Å²) in [6, 6.07) is 7.29. The number of benzene rings is 2. The van der Waals surface area contributed by atoms with Gasteiger partial charge in [-0.15, -0.1) is 0 Å². The summed E-state index contributed by atoms with van der Waals surface area (Å²) in [7, 11) is 1.56. The summed E-state index contributed by atoms with van der Waals surface area (Å²) in [6.45, 7) is 1.94. The summed E-state index contributed by atoms with van der Waals surface area (Å²) in [5, 5.41) is 0. The average molecular weight is 356 g/mol. The third-order valence-electron chi connectivity index (χ3n) is 3.29. The van der Waals surface area contributed by atoms with Crippen LogP contribution in [0.5, 0.6) is 5.75 Å². The maximum Gasteiger partial charge on any atom is 0.132 e. The summed E-state index contributed by atoms with van der Waals surface area (Å²) in [4.78, 5) is 0. The van der Waals surface area contributed by atoms with E-state index in [1.54, 1.807) is 7.11 Å². The van der Waals surface area contributed by atoms with Crippen molar-refractivity contribution in [2.45, 2.75) is 19.4 Å². The van der Waals surface area contributed by atoms with E-state index in [0.717, 1.165) is 11.1 Å². The number of hydrogen-bond donors (Lipinski definition) is 1. The van der Waals surface area contributed by atoms with Crippen LogP contribution in [-0.4, -0.2) is 7.11 Å². The van der Waals surface area contributed by atoms with Gasteiger partial charge in [0, 0.05) is 16.1 Å². The summed E-state index contributed by atoms with van der Waals surface area (Å²) in [6.07, 6.45) is 0.292. The molecule has 0 saturated heterocycles. The van der Waals surface area contributed by atoms with Crippen LogP contribution in [0.4, 0.5) is 8.78 Å². The fourth-order valence-corrected chi connectivity index (χ4v) is 2.72. The molecule has 2 aromatic carbocycles. The molecule has 0 spiro atoms.